The van der Waals surface area contributed by atoms with Crippen molar-refractivity contribution in [1.82, 2.24) is 5.32 Å². The molecular weight excluding hydrogens is 198 g/mol. The molecule has 0 aromatic carbocycles. The second kappa shape index (κ2) is 4.79. The van der Waals surface area contributed by atoms with Crippen molar-refractivity contribution in [2.75, 3.05) is 7.05 Å². The molecule has 0 saturated heterocycles. The summed E-state index contributed by atoms with van der Waals surface area (Å²) in [5.41, 5.74) is 0.594. The lowest BCUT2D eigenvalue weighted by Crippen LogP contribution is -2.20. The minimum atomic E-state index is -0.340. The third kappa shape index (κ3) is 2.87. The van der Waals surface area contributed by atoms with Crippen LogP contribution in [-0.2, 0) is 4.79 Å². The molecule has 0 atom stereocenters. The molecule has 0 heterocycles. The molecule has 74 valence electrons. The zero-order valence-corrected chi connectivity index (χ0v) is 8.65. The molecule has 0 radical (unpaired) electrons. The molecule has 0 aliphatic heterocycles. The monoisotopic (exact) mass is 209 g/mol. The van der Waals surface area contributed by atoms with Crippen LogP contribution in [-0.4, -0.2) is 23.8 Å². The van der Waals surface area contributed by atoms with E-state index in [1.165, 1.54) is 13.1 Å². The Morgan fingerprint density at radius 2 is 2.36 bits per heavy atom. The summed E-state index contributed by atoms with van der Waals surface area (Å²) >= 11 is 4.42. The number of nitrogens with one attached hydrogen (secondary N) is 2. The average Bonchev–Trinajstić information content (AvgIpc) is 2.99. The molecule has 1 aliphatic rings. The first-order valence-electron chi connectivity index (χ1n) is 4.29. The molecular formula is C9H11N3OS. The number of isothiocyanates is 1. The minimum absolute atomic E-state index is 0.152. The molecule has 1 aliphatic carbocycles. The van der Waals surface area contributed by atoms with Gasteiger partial charge in [-0.25, -0.2) is 0 Å². The Morgan fingerprint density at radius 1 is 1.71 bits per heavy atom. The number of rotatable bonds is 4. The Kier molecular flexibility index (Phi) is 3.68. The number of likely N-dealkylation sites (N-methyl/N-ethyl adjacent to an activating group) is 1. The average molecular weight is 209 g/mol. The zero-order valence-electron chi connectivity index (χ0n) is 7.83. The molecule has 1 rings (SSSR count). The van der Waals surface area contributed by atoms with E-state index in [1.807, 2.05) is 0 Å². The van der Waals surface area contributed by atoms with Crippen LogP contribution in [0.1, 0.15) is 12.8 Å². The highest BCUT2D eigenvalue weighted by Gasteiger charge is 2.25. The van der Waals surface area contributed by atoms with E-state index in [1.54, 1.807) is 0 Å². The van der Waals surface area contributed by atoms with Crippen molar-refractivity contribution >= 4 is 29.0 Å². The molecule has 5 heteroatoms. The molecule has 0 aromatic heterocycles. The van der Waals surface area contributed by atoms with Gasteiger partial charge >= 0.3 is 0 Å². The summed E-state index contributed by atoms with van der Waals surface area (Å²) < 4.78 is 0. The molecule has 1 saturated carbocycles. The number of carbonyl (C=O) groups excluding carboxylic acids is 1. The van der Waals surface area contributed by atoms with Crippen LogP contribution in [0, 0.1) is 11.3 Å². The van der Waals surface area contributed by atoms with E-state index < -0.39 is 0 Å². The number of hydrogen-bond acceptors (Lipinski definition) is 4. The highest BCUT2D eigenvalue weighted by Crippen LogP contribution is 2.30. The van der Waals surface area contributed by atoms with Gasteiger partial charge in [0, 0.05) is 18.7 Å². The quantitative estimate of drug-likeness (QED) is 0.414. The van der Waals surface area contributed by atoms with E-state index in [-0.39, 0.29) is 11.6 Å². The smallest absolute Gasteiger partial charge is 0.270 e. The maximum Gasteiger partial charge on any atom is 0.270 e. The van der Waals surface area contributed by atoms with Gasteiger partial charge in [-0.2, -0.15) is 4.99 Å². The fourth-order valence-corrected chi connectivity index (χ4v) is 1.08. The van der Waals surface area contributed by atoms with Gasteiger partial charge in [0.05, 0.1) is 5.16 Å². The van der Waals surface area contributed by atoms with Crippen LogP contribution in [0.15, 0.2) is 16.8 Å². The molecule has 2 N–H and O–H groups in total. The maximum atomic E-state index is 11.2. The first-order valence-corrected chi connectivity index (χ1v) is 4.70. The molecule has 1 fully saturated rings. The summed E-state index contributed by atoms with van der Waals surface area (Å²) in [7, 11) is 1.51. The lowest BCUT2D eigenvalue weighted by Gasteiger charge is -1.98. The number of allylic oxidation sites excluding steroid dienone is 1. The first-order chi connectivity index (χ1) is 6.69. The summed E-state index contributed by atoms with van der Waals surface area (Å²) in [5, 5.41) is 12.2. The largest absolute Gasteiger partial charge is 0.354 e. The molecule has 0 spiro atoms. The lowest BCUT2D eigenvalue weighted by molar-refractivity contribution is -0.117. The Morgan fingerprint density at radius 3 is 2.79 bits per heavy atom. The standard InChI is InChI=1S/C9H11N3OS/c1-11-9(13)8(12-5-14)4-7(10)6-2-3-6/h4,6,10H,2-3H2,1H3,(H,11,13)/b8-4+,10-7?. The summed E-state index contributed by atoms with van der Waals surface area (Å²) in [6.45, 7) is 0. The van der Waals surface area contributed by atoms with Gasteiger partial charge in [0.2, 0.25) is 0 Å². The maximum absolute atomic E-state index is 11.2. The third-order valence-electron chi connectivity index (χ3n) is 1.94. The van der Waals surface area contributed by atoms with E-state index in [0.29, 0.717) is 11.6 Å². The fraction of sp³-hybridized carbons (Fsp3) is 0.444. The van der Waals surface area contributed by atoms with Crippen molar-refractivity contribution in [1.29, 1.82) is 5.41 Å². The molecule has 0 unspecified atom stereocenters. The van der Waals surface area contributed by atoms with Gasteiger partial charge in [0.15, 0.2) is 0 Å². The van der Waals surface area contributed by atoms with Crippen molar-refractivity contribution in [2.24, 2.45) is 10.9 Å². The highest BCUT2D eigenvalue weighted by atomic mass is 32.1. The number of nitrogens with zero attached hydrogens (tertiary/aromatic N) is 1. The van der Waals surface area contributed by atoms with Gasteiger partial charge in [-0.05, 0) is 31.1 Å². The molecule has 4 nitrogen and oxygen atoms in total. The van der Waals surface area contributed by atoms with Crippen LogP contribution in [0.5, 0.6) is 0 Å². The number of amides is 1. The molecule has 0 bridgehead atoms. The van der Waals surface area contributed by atoms with Crippen LogP contribution in [0.3, 0.4) is 0 Å². The molecule has 1 amide bonds. The second-order valence-corrected chi connectivity index (χ2v) is 3.22. The first kappa shape index (κ1) is 10.8. The van der Waals surface area contributed by atoms with E-state index in [4.69, 9.17) is 5.41 Å². The Labute approximate surface area is 87.6 Å². The van der Waals surface area contributed by atoms with Crippen LogP contribution < -0.4 is 5.32 Å². The van der Waals surface area contributed by atoms with Crippen LogP contribution in [0.25, 0.3) is 0 Å². The number of carbonyl (C=O) groups is 1. The minimum Gasteiger partial charge on any atom is -0.354 e. The van der Waals surface area contributed by atoms with E-state index >= 15 is 0 Å². The van der Waals surface area contributed by atoms with Gasteiger partial charge in [-0.1, -0.05) is 0 Å². The summed E-state index contributed by atoms with van der Waals surface area (Å²) in [4.78, 5) is 14.8. The van der Waals surface area contributed by atoms with Gasteiger partial charge in [-0.15, -0.1) is 0 Å². The second-order valence-electron chi connectivity index (χ2n) is 3.04. The summed E-state index contributed by atoms with van der Waals surface area (Å²) in [6.07, 6.45) is 3.51. The van der Waals surface area contributed by atoms with Gasteiger partial charge in [0.25, 0.3) is 5.91 Å². The Balaban J connectivity index is 2.79. The van der Waals surface area contributed by atoms with E-state index in [2.05, 4.69) is 27.7 Å². The zero-order chi connectivity index (χ0) is 10.6. The van der Waals surface area contributed by atoms with Crippen LogP contribution in [0.4, 0.5) is 0 Å². The normalized spacial score (nSPS) is 15.6. The Bertz CT molecular complexity index is 338. The summed E-state index contributed by atoms with van der Waals surface area (Å²) in [5.74, 6) is -0.0391. The van der Waals surface area contributed by atoms with Crippen LogP contribution in [0.2, 0.25) is 0 Å². The van der Waals surface area contributed by atoms with Gasteiger partial charge < -0.3 is 10.7 Å². The van der Waals surface area contributed by atoms with Gasteiger partial charge in [-0.3, -0.25) is 4.79 Å². The fourth-order valence-electron chi connectivity index (χ4n) is 0.985. The van der Waals surface area contributed by atoms with Crippen molar-refractivity contribution in [3.8, 4) is 0 Å². The number of aliphatic imine (C=N–C) groups is 1. The van der Waals surface area contributed by atoms with E-state index in [0.717, 1.165) is 12.8 Å². The third-order valence-corrected chi connectivity index (χ3v) is 2.03. The molecule has 14 heavy (non-hydrogen) atoms. The van der Waals surface area contributed by atoms with Crippen molar-refractivity contribution in [2.45, 2.75) is 12.8 Å². The Hall–Kier alpha value is -1.32. The highest BCUT2D eigenvalue weighted by molar-refractivity contribution is 7.78. The predicted molar refractivity (Wildman–Crippen MR) is 57.6 cm³/mol. The van der Waals surface area contributed by atoms with Gasteiger partial charge in [0.1, 0.15) is 5.70 Å². The SMILES string of the molecule is CNC(=O)/C(=C\C(=N)C1CC1)N=C=S. The molecule has 0 aromatic rings. The van der Waals surface area contributed by atoms with Crippen LogP contribution >= 0.6 is 12.2 Å². The summed E-state index contributed by atoms with van der Waals surface area (Å²) in [6, 6.07) is 0. The van der Waals surface area contributed by atoms with Crippen molar-refractivity contribution in [3.05, 3.63) is 11.8 Å². The number of hydrogen-bond donors (Lipinski definition) is 2. The predicted octanol–water partition coefficient (Wildman–Crippen LogP) is 1.15. The van der Waals surface area contributed by atoms with Crippen molar-refractivity contribution < 1.29 is 4.79 Å². The topological polar surface area (TPSA) is 65.3 Å². The number of thiocarbonyl (C=S) groups is 1. The van der Waals surface area contributed by atoms with Crippen molar-refractivity contribution in [3.63, 3.8) is 0 Å². The lowest BCUT2D eigenvalue weighted by atomic mass is 10.2. The van der Waals surface area contributed by atoms with E-state index in [9.17, 15) is 4.79 Å².